The maximum absolute atomic E-state index is 13.5. The van der Waals surface area contributed by atoms with E-state index < -0.39 is 0 Å². The van der Waals surface area contributed by atoms with Gasteiger partial charge < -0.3 is 5.73 Å². The summed E-state index contributed by atoms with van der Waals surface area (Å²) in [4.78, 5) is 2.33. The van der Waals surface area contributed by atoms with Gasteiger partial charge in [-0.1, -0.05) is 24.3 Å². The average Bonchev–Trinajstić information content (AvgIpc) is 2.55. The zero-order chi connectivity index (χ0) is 16.9. The lowest BCUT2D eigenvalue weighted by Gasteiger charge is -2.36. The van der Waals surface area contributed by atoms with Gasteiger partial charge in [-0.15, -0.1) is 0 Å². The molecule has 2 aromatic rings. The molecule has 0 unspecified atom stereocenters. The predicted molar refractivity (Wildman–Crippen MR) is 92.3 cm³/mol. The van der Waals surface area contributed by atoms with Crippen molar-refractivity contribution in [2.75, 3.05) is 0 Å². The third-order valence-electron chi connectivity index (χ3n) is 4.81. The lowest BCUT2D eigenvalue weighted by atomic mass is 9.90. The van der Waals surface area contributed by atoms with Crippen LogP contribution in [0.5, 0.6) is 0 Å². The van der Waals surface area contributed by atoms with E-state index in [0.717, 1.165) is 36.8 Å². The molecule has 0 heterocycles. The van der Waals surface area contributed by atoms with Gasteiger partial charge in [0.25, 0.3) is 0 Å². The summed E-state index contributed by atoms with van der Waals surface area (Å²) >= 11 is 0. The van der Waals surface area contributed by atoms with Crippen LogP contribution in [0.25, 0.3) is 0 Å². The summed E-state index contributed by atoms with van der Waals surface area (Å²) in [6.07, 6.45) is 4.08. The van der Waals surface area contributed by atoms with E-state index in [1.807, 2.05) is 12.1 Å². The van der Waals surface area contributed by atoms with E-state index >= 15 is 0 Å². The van der Waals surface area contributed by atoms with Crippen LogP contribution in [0.4, 0.5) is 8.78 Å². The minimum Gasteiger partial charge on any atom is -0.328 e. The highest BCUT2D eigenvalue weighted by Gasteiger charge is 2.24. The molecule has 2 aromatic carbocycles. The average molecular weight is 330 g/mol. The molecule has 1 aliphatic carbocycles. The lowest BCUT2D eigenvalue weighted by Crippen LogP contribution is -2.40. The van der Waals surface area contributed by atoms with E-state index in [2.05, 4.69) is 4.90 Å². The summed E-state index contributed by atoms with van der Waals surface area (Å²) in [5, 5.41) is 0. The van der Waals surface area contributed by atoms with E-state index in [-0.39, 0.29) is 17.7 Å². The van der Waals surface area contributed by atoms with Crippen molar-refractivity contribution in [1.82, 2.24) is 4.90 Å². The molecule has 24 heavy (non-hydrogen) atoms. The van der Waals surface area contributed by atoms with Crippen LogP contribution in [0, 0.1) is 11.6 Å². The molecule has 1 fully saturated rings. The van der Waals surface area contributed by atoms with Crippen LogP contribution < -0.4 is 5.73 Å². The Labute approximate surface area is 142 Å². The number of halogens is 2. The lowest BCUT2D eigenvalue weighted by molar-refractivity contribution is 0.134. The molecule has 1 saturated carbocycles. The van der Waals surface area contributed by atoms with Crippen molar-refractivity contribution < 1.29 is 8.78 Å². The van der Waals surface area contributed by atoms with Crippen LogP contribution in [0.2, 0.25) is 0 Å². The van der Waals surface area contributed by atoms with Gasteiger partial charge in [0.1, 0.15) is 11.6 Å². The minimum atomic E-state index is -0.219. The minimum absolute atomic E-state index is 0.219. The maximum Gasteiger partial charge on any atom is 0.123 e. The molecule has 2 nitrogen and oxygen atoms in total. The molecule has 4 heteroatoms. The topological polar surface area (TPSA) is 29.3 Å². The van der Waals surface area contributed by atoms with Crippen molar-refractivity contribution in [2.24, 2.45) is 5.73 Å². The molecule has 0 aliphatic heterocycles. The number of nitrogens with two attached hydrogens (primary N) is 1. The van der Waals surface area contributed by atoms with Crippen molar-refractivity contribution in [3.05, 3.63) is 71.3 Å². The first-order valence-electron chi connectivity index (χ1n) is 8.58. The van der Waals surface area contributed by atoms with Crippen molar-refractivity contribution in [3.8, 4) is 0 Å². The molecule has 0 amide bonds. The Morgan fingerprint density at radius 3 is 1.79 bits per heavy atom. The summed E-state index contributed by atoms with van der Waals surface area (Å²) in [6, 6.07) is 14.1. The molecule has 0 saturated heterocycles. The molecule has 0 bridgehead atoms. The Morgan fingerprint density at radius 2 is 1.33 bits per heavy atom. The molecule has 3 rings (SSSR count). The highest BCUT2D eigenvalue weighted by molar-refractivity contribution is 5.19. The highest BCUT2D eigenvalue weighted by atomic mass is 19.1. The van der Waals surface area contributed by atoms with Crippen molar-refractivity contribution in [3.63, 3.8) is 0 Å². The third-order valence-corrected chi connectivity index (χ3v) is 4.81. The van der Waals surface area contributed by atoms with Crippen molar-refractivity contribution in [1.29, 1.82) is 0 Å². The van der Waals surface area contributed by atoms with Crippen molar-refractivity contribution >= 4 is 0 Å². The van der Waals surface area contributed by atoms with Crippen LogP contribution >= 0.6 is 0 Å². The smallest absolute Gasteiger partial charge is 0.123 e. The normalized spacial score (nSPS) is 21.2. The van der Waals surface area contributed by atoms with Crippen LogP contribution in [-0.4, -0.2) is 17.0 Å². The van der Waals surface area contributed by atoms with Gasteiger partial charge in [-0.3, -0.25) is 4.90 Å². The van der Waals surface area contributed by atoms with E-state index in [0.29, 0.717) is 19.1 Å². The van der Waals surface area contributed by atoms with Crippen LogP contribution in [0.1, 0.15) is 36.8 Å². The molecular weight excluding hydrogens is 306 g/mol. The summed E-state index contributed by atoms with van der Waals surface area (Å²) in [6.45, 7) is 1.32. The number of hydrogen-bond acceptors (Lipinski definition) is 2. The van der Waals surface area contributed by atoms with Gasteiger partial charge in [0, 0.05) is 25.2 Å². The highest BCUT2D eigenvalue weighted by Crippen LogP contribution is 2.25. The zero-order valence-corrected chi connectivity index (χ0v) is 13.8. The summed E-state index contributed by atoms with van der Waals surface area (Å²) in [7, 11) is 0. The number of benzene rings is 2. The van der Waals surface area contributed by atoms with Crippen molar-refractivity contribution in [2.45, 2.75) is 50.9 Å². The van der Waals surface area contributed by atoms with Crippen LogP contribution in [0.15, 0.2) is 48.5 Å². The number of nitrogens with zero attached hydrogens (tertiary/aromatic N) is 1. The fourth-order valence-electron chi connectivity index (χ4n) is 3.52. The van der Waals surface area contributed by atoms with Gasteiger partial charge in [0.2, 0.25) is 0 Å². The quantitative estimate of drug-likeness (QED) is 0.888. The third kappa shape index (κ3) is 4.62. The number of hydrogen-bond donors (Lipinski definition) is 1. The van der Waals surface area contributed by atoms with Gasteiger partial charge in [-0.25, -0.2) is 8.78 Å². The van der Waals surface area contributed by atoms with E-state index in [1.54, 1.807) is 24.3 Å². The molecule has 0 aromatic heterocycles. The number of rotatable bonds is 5. The van der Waals surface area contributed by atoms with E-state index in [1.165, 1.54) is 12.1 Å². The van der Waals surface area contributed by atoms with Gasteiger partial charge in [-0.2, -0.15) is 0 Å². The molecular formula is C20H24F2N2. The van der Waals surface area contributed by atoms with E-state index in [9.17, 15) is 8.78 Å². The van der Waals surface area contributed by atoms with Gasteiger partial charge in [0.15, 0.2) is 0 Å². The van der Waals surface area contributed by atoms with Gasteiger partial charge in [-0.05, 0) is 61.1 Å². The fourth-order valence-corrected chi connectivity index (χ4v) is 3.52. The van der Waals surface area contributed by atoms with Crippen LogP contribution in [0.3, 0.4) is 0 Å². The standard InChI is InChI=1S/C20H24F2N2/c21-17-5-1-3-15(11-17)13-24(20-9-7-19(23)8-10-20)14-16-4-2-6-18(22)12-16/h1-6,11-12,19-20H,7-10,13-14,23H2. The van der Waals surface area contributed by atoms with Gasteiger partial charge in [0.05, 0.1) is 0 Å². The molecule has 0 radical (unpaired) electrons. The first-order chi connectivity index (χ1) is 11.6. The molecule has 1 aliphatic rings. The van der Waals surface area contributed by atoms with E-state index in [4.69, 9.17) is 5.73 Å². The molecule has 128 valence electrons. The fraction of sp³-hybridized carbons (Fsp3) is 0.400. The largest absolute Gasteiger partial charge is 0.328 e. The monoisotopic (exact) mass is 330 g/mol. The Bertz CT molecular complexity index is 619. The second-order valence-corrected chi connectivity index (χ2v) is 6.73. The Hall–Kier alpha value is -1.78. The zero-order valence-electron chi connectivity index (χ0n) is 13.8. The Balaban J connectivity index is 1.77. The second-order valence-electron chi connectivity index (χ2n) is 6.73. The van der Waals surface area contributed by atoms with Gasteiger partial charge >= 0.3 is 0 Å². The Morgan fingerprint density at radius 1 is 0.833 bits per heavy atom. The SMILES string of the molecule is NC1CCC(N(Cc2cccc(F)c2)Cc2cccc(F)c2)CC1. The molecule has 0 atom stereocenters. The summed E-state index contributed by atoms with van der Waals surface area (Å²) in [5.41, 5.74) is 7.92. The molecule has 0 spiro atoms. The maximum atomic E-state index is 13.5. The summed E-state index contributed by atoms with van der Waals surface area (Å²) < 4.78 is 27.0. The first-order valence-corrected chi connectivity index (χ1v) is 8.58. The molecule has 2 N–H and O–H groups in total. The first kappa shape index (κ1) is 17.1. The second kappa shape index (κ2) is 7.86. The predicted octanol–water partition coefficient (Wildman–Crippen LogP) is 4.24. The van der Waals surface area contributed by atoms with Crippen LogP contribution in [-0.2, 0) is 13.1 Å². The summed E-state index contributed by atoms with van der Waals surface area (Å²) in [5.74, 6) is -0.437. The Kier molecular flexibility index (Phi) is 5.59.